The second-order valence-electron chi connectivity index (χ2n) is 7.41. The first-order chi connectivity index (χ1) is 16.7. The number of aromatic nitrogens is 1. The summed E-state index contributed by atoms with van der Waals surface area (Å²) in [6.07, 6.45) is 0.642. The number of pyridine rings is 1. The van der Waals surface area contributed by atoms with Crippen LogP contribution in [0.3, 0.4) is 0 Å². The zero-order chi connectivity index (χ0) is 25.1. The zero-order valence-electron chi connectivity index (χ0n) is 18.0. The predicted octanol–water partition coefficient (Wildman–Crippen LogP) is 3.32. The van der Waals surface area contributed by atoms with Crippen molar-refractivity contribution in [3.63, 3.8) is 0 Å². The highest BCUT2D eigenvalue weighted by molar-refractivity contribution is 8.02. The van der Waals surface area contributed by atoms with E-state index in [1.807, 2.05) is 0 Å². The lowest BCUT2D eigenvalue weighted by Gasteiger charge is -2.34. The van der Waals surface area contributed by atoms with Crippen molar-refractivity contribution in [2.24, 2.45) is 0 Å². The smallest absolute Gasteiger partial charge is 0.348 e. The first-order valence-corrected chi connectivity index (χ1v) is 13.7. The second kappa shape index (κ2) is 10.6. The normalized spacial score (nSPS) is 18.4. The summed E-state index contributed by atoms with van der Waals surface area (Å²) in [6, 6.07) is 13.4. The van der Waals surface area contributed by atoms with Gasteiger partial charge in [0, 0.05) is 35.4 Å². The van der Waals surface area contributed by atoms with E-state index in [4.69, 9.17) is 9.47 Å². The summed E-state index contributed by atoms with van der Waals surface area (Å²) < 4.78 is 65.5. The second-order valence-corrected chi connectivity index (χ2v) is 11.3. The molecule has 0 saturated carbocycles. The van der Waals surface area contributed by atoms with E-state index in [1.165, 1.54) is 59.3 Å². The van der Waals surface area contributed by atoms with E-state index in [9.17, 15) is 27.2 Å². The molecule has 0 bridgehead atoms. The lowest BCUT2D eigenvalue weighted by Crippen LogP contribution is -2.47. The quantitative estimate of drug-likeness (QED) is 0.177. The summed E-state index contributed by atoms with van der Waals surface area (Å²) in [5.74, 6) is -3.17. The fourth-order valence-corrected chi connectivity index (χ4v) is 7.69. The summed E-state index contributed by atoms with van der Waals surface area (Å²) in [5, 5.41) is 14.0. The molecule has 1 aliphatic heterocycles. The number of carbonyl (C=O) groups is 1. The van der Waals surface area contributed by atoms with Gasteiger partial charge in [0.05, 0.1) is 4.90 Å². The molecule has 186 valence electrons. The molecule has 1 aliphatic rings. The molecule has 1 fully saturated rings. The highest BCUT2D eigenvalue weighted by Gasteiger charge is 2.48. The first kappa shape index (κ1) is 25.5. The maximum Gasteiger partial charge on any atom is 0.348 e. The van der Waals surface area contributed by atoms with E-state index in [2.05, 4.69) is 0 Å². The standard InChI is InChI=1S/C22H20F2N2O6S3/c23-21(24)32-22(16-6-2-1-3-7-16,14-17-8-4-5-10-25(17)28)31-20(27)19-26(11-13-34-19)35(29,30)18-9-12-33-15-18/h1-10,12,15,19,21H,11,13-14H2. The zero-order valence-corrected chi connectivity index (χ0v) is 20.5. The number of hydrogen-bond donors (Lipinski definition) is 0. The fraction of sp³-hybridized carbons (Fsp3) is 0.273. The lowest BCUT2D eigenvalue weighted by atomic mass is 9.99. The number of halogens is 2. The minimum Gasteiger partial charge on any atom is -0.618 e. The third-order valence-electron chi connectivity index (χ3n) is 5.23. The van der Waals surface area contributed by atoms with Crippen molar-refractivity contribution in [1.29, 1.82) is 0 Å². The lowest BCUT2D eigenvalue weighted by molar-refractivity contribution is -0.616. The topological polar surface area (TPSA) is 99.8 Å². The Morgan fingerprint density at radius 1 is 1.20 bits per heavy atom. The Labute approximate surface area is 208 Å². The minimum atomic E-state index is -4.02. The van der Waals surface area contributed by atoms with E-state index in [1.54, 1.807) is 23.6 Å². The van der Waals surface area contributed by atoms with Crippen molar-refractivity contribution in [2.75, 3.05) is 12.3 Å². The minimum absolute atomic E-state index is 0.00614. The van der Waals surface area contributed by atoms with Gasteiger partial charge >= 0.3 is 12.6 Å². The van der Waals surface area contributed by atoms with Crippen LogP contribution in [0.4, 0.5) is 8.78 Å². The fourth-order valence-electron chi connectivity index (χ4n) is 3.64. The molecule has 3 heterocycles. The van der Waals surface area contributed by atoms with Gasteiger partial charge < -0.3 is 9.94 Å². The highest BCUT2D eigenvalue weighted by Crippen LogP contribution is 2.37. The molecule has 35 heavy (non-hydrogen) atoms. The van der Waals surface area contributed by atoms with Gasteiger partial charge in [-0.05, 0) is 11.4 Å². The number of sulfonamides is 1. The van der Waals surface area contributed by atoms with E-state index in [0.29, 0.717) is 10.5 Å². The highest BCUT2D eigenvalue weighted by atomic mass is 32.2. The third kappa shape index (κ3) is 5.48. The summed E-state index contributed by atoms with van der Waals surface area (Å²) >= 11 is 2.20. The van der Waals surface area contributed by atoms with Crippen LogP contribution >= 0.6 is 23.1 Å². The molecule has 3 aromatic rings. The number of benzene rings is 1. The average molecular weight is 543 g/mol. The van der Waals surface area contributed by atoms with Crippen LogP contribution in [0.15, 0.2) is 76.4 Å². The number of alkyl halides is 2. The maximum atomic E-state index is 13.7. The Morgan fingerprint density at radius 2 is 1.94 bits per heavy atom. The molecule has 0 spiro atoms. The number of thioether (sulfide) groups is 1. The molecule has 2 aromatic heterocycles. The van der Waals surface area contributed by atoms with Gasteiger partial charge in [-0.1, -0.05) is 36.4 Å². The largest absolute Gasteiger partial charge is 0.618 e. The van der Waals surface area contributed by atoms with Crippen molar-refractivity contribution in [2.45, 2.75) is 29.1 Å². The summed E-state index contributed by atoms with van der Waals surface area (Å²) in [6.45, 7) is -3.33. The third-order valence-corrected chi connectivity index (χ3v) is 9.24. The van der Waals surface area contributed by atoms with Gasteiger partial charge in [0.15, 0.2) is 17.3 Å². The van der Waals surface area contributed by atoms with Gasteiger partial charge in [-0.3, -0.25) is 4.74 Å². The van der Waals surface area contributed by atoms with Gasteiger partial charge in [-0.15, -0.1) is 11.8 Å². The van der Waals surface area contributed by atoms with E-state index in [-0.39, 0.29) is 22.7 Å². The molecule has 8 nitrogen and oxygen atoms in total. The Bertz CT molecular complexity index is 1260. The van der Waals surface area contributed by atoms with Crippen molar-refractivity contribution < 1.29 is 36.2 Å². The van der Waals surface area contributed by atoms with Crippen LogP contribution in [0.2, 0.25) is 0 Å². The van der Waals surface area contributed by atoms with Crippen LogP contribution in [0.5, 0.6) is 0 Å². The Hall–Kier alpha value is -2.58. The first-order valence-electron chi connectivity index (χ1n) is 10.3. The van der Waals surface area contributed by atoms with Crippen LogP contribution in [-0.2, 0) is 36.5 Å². The molecular formula is C22H20F2N2O6S3. The molecule has 1 aromatic carbocycles. The van der Waals surface area contributed by atoms with Gasteiger partial charge in [0.25, 0.3) is 5.79 Å². The Balaban J connectivity index is 1.72. The van der Waals surface area contributed by atoms with Gasteiger partial charge in [-0.25, -0.2) is 13.2 Å². The molecule has 4 rings (SSSR count). The monoisotopic (exact) mass is 542 g/mol. The molecule has 0 aliphatic carbocycles. The number of thiophene rings is 1. The molecule has 13 heteroatoms. The van der Waals surface area contributed by atoms with Crippen molar-refractivity contribution >= 4 is 39.1 Å². The van der Waals surface area contributed by atoms with Crippen LogP contribution in [0, 0.1) is 5.21 Å². The number of carbonyl (C=O) groups excluding carboxylic acids is 1. The summed E-state index contributed by atoms with van der Waals surface area (Å²) in [4.78, 5) is 13.4. The number of nitrogens with zero attached hydrogens (tertiary/aromatic N) is 2. The molecule has 1 saturated heterocycles. The van der Waals surface area contributed by atoms with Gasteiger partial charge in [0.1, 0.15) is 6.42 Å². The Kier molecular flexibility index (Phi) is 7.71. The van der Waals surface area contributed by atoms with E-state index >= 15 is 0 Å². The van der Waals surface area contributed by atoms with Crippen molar-refractivity contribution in [3.8, 4) is 0 Å². The van der Waals surface area contributed by atoms with Crippen LogP contribution in [-0.4, -0.2) is 43.0 Å². The number of hydrogen-bond acceptors (Lipinski definition) is 8. The van der Waals surface area contributed by atoms with Gasteiger partial charge in [0.2, 0.25) is 10.0 Å². The van der Waals surface area contributed by atoms with Gasteiger partial charge in [-0.2, -0.15) is 29.2 Å². The molecular weight excluding hydrogens is 522 g/mol. The average Bonchev–Trinajstić information content (AvgIpc) is 3.54. The molecule has 0 radical (unpaired) electrons. The molecule has 2 unspecified atom stereocenters. The molecule has 2 atom stereocenters. The van der Waals surface area contributed by atoms with Crippen LogP contribution < -0.4 is 4.73 Å². The number of rotatable bonds is 9. The van der Waals surface area contributed by atoms with Crippen molar-refractivity contribution in [1.82, 2.24) is 4.31 Å². The number of esters is 1. The summed E-state index contributed by atoms with van der Waals surface area (Å²) in [7, 11) is -4.02. The SMILES string of the molecule is O=C(OC(Cc1cccc[n+]1[O-])(OC(F)F)c1ccccc1)C1SCCN1S(=O)(=O)c1ccsc1. The van der Waals surface area contributed by atoms with Crippen LogP contribution in [0.25, 0.3) is 0 Å². The Morgan fingerprint density at radius 3 is 2.60 bits per heavy atom. The van der Waals surface area contributed by atoms with Crippen molar-refractivity contribution in [3.05, 3.63) is 88.0 Å². The van der Waals surface area contributed by atoms with E-state index in [0.717, 1.165) is 16.1 Å². The van der Waals surface area contributed by atoms with Crippen LogP contribution in [0.1, 0.15) is 11.3 Å². The maximum absolute atomic E-state index is 13.7. The number of ether oxygens (including phenoxy) is 2. The predicted molar refractivity (Wildman–Crippen MR) is 125 cm³/mol. The summed E-state index contributed by atoms with van der Waals surface area (Å²) in [5.41, 5.74) is 0.0689. The molecule has 0 amide bonds. The molecule has 0 N–H and O–H groups in total. The van der Waals surface area contributed by atoms with E-state index < -0.39 is 40.2 Å².